The van der Waals surface area contributed by atoms with Crippen LogP contribution in [0.5, 0.6) is 0 Å². The summed E-state index contributed by atoms with van der Waals surface area (Å²) in [6.07, 6.45) is 2.98. The molecule has 0 unspecified atom stereocenters. The lowest BCUT2D eigenvalue weighted by Gasteiger charge is -2.06. The standard InChI is InChI=1S/C11H14N4O2S2/c1-2-12-10-4-3-9(7-14-10)19(16,17)15-8-11-13-5-6-18-11/h3-7,15H,2,8H2,1H3,(H,12,14). The van der Waals surface area contributed by atoms with Crippen LogP contribution >= 0.6 is 11.3 Å². The summed E-state index contributed by atoms with van der Waals surface area (Å²) in [5.41, 5.74) is 0. The Morgan fingerprint density at radius 2 is 2.16 bits per heavy atom. The SMILES string of the molecule is CCNc1ccc(S(=O)(=O)NCc2nccs2)cn1. The summed E-state index contributed by atoms with van der Waals surface area (Å²) in [7, 11) is -3.54. The molecule has 0 amide bonds. The summed E-state index contributed by atoms with van der Waals surface area (Å²) >= 11 is 1.40. The Bertz CT molecular complexity index is 609. The van der Waals surface area contributed by atoms with E-state index < -0.39 is 10.0 Å². The van der Waals surface area contributed by atoms with E-state index in [4.69, 9.17) is 0 Å². The number of pyridine rings is 1. The minimum absolute atomic E-state index is 0.144. The zero-order valence-corrected chi connectivity index (χ0v) is 12.0. The third kappa shape index (κ3) is 3.72. The highest BCUT2D eigenvalue weighted by Crippen LogP contribution is 2.11. The van der Waals surface area contributed by atoms with E-state index >= 15 is 0 Å². The molecule has 0 atom stereocenters. The molecule has 2 aromatic heterocycles. The van der Waals surface area contributed by atoms with Crippen LogP contribution in [0.3, 0.4) is 0 Å². The van der Waals surface area contributed by atoms with Crippen LogP contribution in [0.1, 0.15) is 11.9 Å². The van der Waals surface area contributed by atoms with Gasteiger partial charge >= 0.3 is 0 Å². The maximum atomic E-state index is 12.0. The minimum atomic E-state index is -3.54. The lowest BCUT2D eigenvalue weighted by atomic mass is 10.4. The molecule has 2 aromatic rings. The van der Waals surface area contributed by atoms with E-state index in [0.29, 0.717) is 5.82 Å². The summed E-state index contributed by atoms with van der Waals surface area (Å²) in [5, 5.41) is 5.53. The number of sulfonamides is 1. The van der Waals surface area contributed by atoms with Crippen LogP contribution in [-0.2, 0) is 16.6 Å². The molecule has 0 saturated carbocycles. The van der Waals surface area contributed by atoms with E-state index in [-0.39, 0.29) is 11.4 Å². The van der Waals surface area contributed by atoms with Crippen molar-refractivity contribution in [2.75, 3.05) is 11.9 Å². The van der Waals surface area contributed by atoms with Crippen molar-refractivity contribution in [3.8, 4) is 0 Å². The van der Waals surface area contributed by atoms with Gasteiger partial charge in [-0.2, -0.15) is 0 Å². The van der Waals surface area contributed by atoms with Crippen LogP contribution in [-0.4, -0.2) is 24.9 Å². The number of nitrogens with zero attached hydrogens (tertiary/aromatic N) is 2. The Balaban J connectivity index is 2.06. The molecule has 0 saturated heterocycles. The second kappa shape index (κ2) is 6.09. The lowest BCUT2D eigenvalue weighted by Crippen LogP contribution is -2.23. The van der Waals surface area contributed by atoms with Crippen molar-refractivity contribution in [2.24, 2.45) is 0 Å². The number of thiazole rings is 1. The highest BCUT2D eigenvalue weighted by atomic mass is 32.2. The predicted molar refractivity (Wildman–Crippen MR) is 74.5 cm³/mol. The molecule has 2 rings (SSSR count). The van der Waals surface area contributed by atoms with E-state index in [1.807, 2.05) is 6.92 Å². The topological polar surface area (TPSA) is 84.0 Å². The van der Waals surface area contributed by atoms with Gasteiger partial charge in [-0.05, 0) is 19.1 Å². The quantitative estimate of drug-likeness (QED) is 0.843. The zero-order chi connectivity index (χ0) is 13.7. The molecule has 0 aliphatic heterocycles. The molecule has 19 heavy (non-hydrogen) atoms. The highest BCUT2D eigenvalue weighted by Gasteiger charge is 2.14. The second-order valence-electron chi connectivity index (χ2n) is 3.66. The number of rotatable bonds is 6. The molecular formula is C11H14N4O2S2. The van der Waals surface area contributed by atoms with Crippen molar-refractivity contribution in [1.29, 1.82) is 0 Å². The van der Waals surface area contributed by atoms with Crippen molar-refractivity contribution in [1.82, 2.24) is 14.7 Å². The first-order chi connectivity index (χ1) is 9.12. The number of hydrogen-bond acceptors (Lipinski definition) is 6. The molecular weight excluding hydrogens is 284 g/mol. The van der Waals surface area contributed by atoms with Gasteiger partial charge in [0.05, 0.1) is 6.54 Å². The van der Waals surface area contributed by atoms with Crippen LogP contribution in [0.4, 0.5) is 5.82 Å². The fraction of sp³-hybridized carbons (Fsp3) is 0.273. The van der Waals surface area contributed by atoms with Gasteiger partial charge in [0, 0.05) is 24.3 Å². The van der Waals surface area contributed by atoms with E-state index in [9.17, 15) is 8.42 Å². The fourth-order valence-electron chi connectivity index (χ4n) is 1.41. The Kier molecular flexibility index (Phi) is 4.46. The van der Waals surface area contributed by atoms with Crippen LogP contribution < -0.4 is 10.0 Å². The van der Waals surface area contributed by atoms with Crippen molar-refractivity contribution < 1.29 is 8.42 Å². The van der Waals surface area contributed by atoms with Crippen molar-refractivity contribution in [2.45, 2.75) is 18.4 Å². The average Bonchev–Trinajstić information content (AvgIpc) is 2.91. The molecule has 0 aromatic carbocycles. The largest absolute Gasteiger partial charge is 0.370 e. The molecule has 0 fully saturated rings. The number of hydrogen-bond donors (Lipinski definition) is 2. The van der Waals surface area contributed by atoms with Gasteiger partial charge in [0.2, 0.25) is 10.0 Å². The first-order valence-electron chi connectivity index (χ1n) is 5.70. The Labute approximate surface area is 116 Å². The van der Waals surface area contributed by atoms with Gasteiger partial charge in [0.15, 0.2) is 0 Å². The smallest absolute Gasteiger partial charge is 0.242 e. The molecule has 2 N–H and O–H groups in total. The molecule has 102 valence electrons. The van der Waals surface area contributed by atoms with E-state index in [1.54, 1.807) is 17.6 Å². The predicted octanol–water partition coefficient (Wildman–Crippen LogP) is 1.45. The number of nitrogens with one attached hydrogen (secondary N) is 2. The van der Waals surface area contributed by atoms with Crippen molar-refractivity contribution in [3.63, 3.8) is 0 Å². The number of aromatic nitrogens is 2. The third-order valence-electron chi connectivity index (χ3n) is 2.30. The zero-order valence-electron chi connectivity index (χ0n) is 10.3. The van der Waals surface area contributed by atoms with Gasteiger partial charge in [0.25, 0.3) is 0 Å². The summed E-state index contributed by atoms with van der Waals surface area (Å²) < 4.78 is 26.5. The average molecular weight is 298 g/mol. The first-order valence-corrected chi connectivity index (χ1v) is 8.06. The Hall–Kier alpha value is -1.51. The van der Waals surface area contributed by atoms with Crippen LogP contribution in [0.15, 0.2) is 34.8 Å². The summed E-state index contributed by atoms with van der Waals surface area (Å²) in [6.45, 7) is 2.87. The third-order valence-corrected chi connectivity index (χ3v) is 4.47. The molecule has 6 nitrogen and oxygen atoms in total. The van der Waals surface area contributed by atoms with Gasteiger partial charge in [0.1, 0.15) is 15.7 Å². The summed E-state index contributed by atoms with van der Waals surface area (Å²) in [6, 6.07) is 3.16. The van der Waals surface area contributed by atoms with Crippen LogP contribution in [0.25, 0.3) is 0 Å². The molecule has 0 radical (unpaired) electrons. The first kappa shape index (κ1) is 13.9. The molecule has 0 spiro atoms. The van der Waals surface area contributed by atoms with Crippen LogP contribution in [0.2, 0.25) is 0 Å². The molecule has 0 aliphatic rings. The highest BCUT2D eigenvalue weighted by molar-refractivity contribution is 7.89. The lowest BCUT2D eigenvalue weighted by molar-refractivity contribution is 0.580. The normalized spacial score (nSPS) is 11.4. The Morgan fingerprint density at radius 3 is 2.74 bits per heavy atom. The van der Waals surface area contributed by atoms with Gasteiger partial charge in [-0.25, -0.2) is 23.1 Å². The van der Waals surface area contributed by atoms with Gasteiger partial charge < -0.3 is 5.32 Å². The van der Waals surface area contributed by atoms with Crippen molar-refractivity contribution in [3.05, 3.63) is 34.9 Å². The summed E-state index contributed by atoms with van der Waals surface area (Å²) in [4.78, 5) is 8.20. The van der Waals surface area contributed by atoms with Crippen LogP contribution in [0, 0.1) is 0 Å². The van der Waals surface area contributed by atoms with Gasteiger partial charge in [-0.15, -0.1) is 11.3 Å². The monoisotopic (exact) mass is 298 g/mol. The van der Waals surface area contributed by atoms with E-state index in [0.717, 1.165) is 11.6 Å². The Morgan fingerprint density at radius 1 is 1.32 bits per heavy atom. The van der Waals surface area contributed by atoms with E-state index in [1.165, 1.54) is 23.6 Å². The van der Waals surface area contributed by atoms with Gasteiger partial charge in [-0.1, -0.05) is 0 Å². The minimum Gasteiger partial charge on any atom is -0.370 e. The summed E-state index contributed by atoms with van der Waals surface area (Å²) in [5.74, 6) is 0.654. The van der Waals surface area contributed by atoms with Crippen molar-refractivity contribution >= 4 is 27.2 Å². The van der Waals surface area contributed by atoms with Gasteiger partial charge in [-0.3, -0.25) is 0 Å². The van der Waals surface area contributed by atoms with E-state index in [2.05, 4.69) is 20.0 Å². The maximum absolute atomic E-state index is 12.0. The fourth-order valence-corrected chi connectivity index (χ4v) is 2.98. The second-order valence-corrected chi connectivity index (χ2v) is 6.41. The maximum Gasteiger partial charge on any atom is 0.242 e. The molecule has 2 heterocycles. The molecule has 8 heteroatoms. The number of anilines is 1. The molecule has 0 aliphatic carbocycles. The molecule has 0 bridgehead atoms.